The molecule has 102 valence electrons. The number of hydrogen-bond donors (Lipinski definition) is 1. The summed E-state index contributed by atoms with van der Waals surface area (Å²) >= 11 is 1.74. The fourth-order valence-electron chi connectivity index (χ4n) is 1.99. The van der Waals surface area contributed by atoms with Crippen LogP contribution in [0.2, 0.25) is 0 Å². The minimum absolute atomic E-state index is 0.112. The first-order chi connectivity index (χ1) is 9.00. The Morgan fingerprint density at radius 2 is 1.89 bits per heavy atom. The highest BCUT2D eigenvalue weighted by atomic mass is 32.1. The van der Waals surface area contributed by atoms with Crippen LogP contribution in [0.3, 0.4) is 0 Å². The van der Waals surface area contributed by atoms with E-state index in [0.717, 1.165) is 11.4 Å². The van der Waals surface area contributed by atoms with Gasteiger partial charge in [-0.2, -0.15) is 0 Å². The molecule has 2 nitrogen and oxygen atoms in total. The van der Waals surface area contributed by atoms with E-state index in [1.54, 1.807) is 11.3 Å². The molecule has 2 rings (SSSR count). The van der Waals surface area contributed by atoms with Crippen LogP contribution < -0.4 is 5.73 Å². The minimum atomic E-state index is 0.112. The molecule has 0 aliphatic carbocycles. The predicted molar refractivity (Wildman–Crippen MR) is 82.8 cm³/mol. The monoisotopic (exact) mass is 274 g/mol. The zero-order valence-electron chi connectivity index (χ0n) is 11.9. The summed E-state index contributed by atoms with van der Waals surface area (Å²) in [5.41, 5.74) is 8.54. The van der Waals surface area contributed by atoms with Gasteiger partial charge in [-0.05, 0) is 12.0 Å². The van der Waals surface area contributed by atoms with Crippen LogP contribution in [-0.2, 0) is 11.8 Å². The second kappa shape index (κ2) is 5.85. The highest BCUT2D eigenvalue weighted by molar-refractivity contribution is 7.09. The van der Waals surface area contributed by atoms with Gasteiger partial charge in [0.05, 0.1) is 10.7 Å². The van der Waals surface area contributed by atoms with E-state index in [1.165, 1.54) is 11.3 Å². The number of thiazole rings is 1. The molecule has 2 N–H and O–H groups in total. The quantitative estimate of drug-likeness (QED) is 0.922. The number of hydrogen-bond acceptors (Lipinski definition) is 3. The van der Waals surface area contributed by atoms with E-state index in [-0.39, 0.29) is 5.41 Å². The standard InChI is InChI=1S/C16H22N2S/c1-16(2,3)14-11-19-15(18-14)13(10-17)9-12-7-5-4-6-8-12/h4-8,11,13H,9-10,17H2,1-3H3. The summed E-state index contributed by atoms with van der Waals surface area (Å²) in [7, 11) is 0. The molecule has 19 heavy (non-hydrogen) atoms. The number of benzene rings is 1. The van der Waals surface area contributed by atoms with Crippen molar-refractivity contribution >= 4 is 11.3 Å². The Morgan fingerprint density at radius 3 is 2.42 bits per heavy atom. The average molecular weight is 274 g/mol. The highest BCUT2D eigenvalue weighted by Gasteiger charge is 2.20. The average Bonchev–Trinajstić information content (AvgIpc) is 2.86. The molecule has 3 heteroatoms. The SMILES string of the molecule is CC(C)(C)c1csc(C(CN)Cc2ccccc2)n1. The van der Waals surface area contributed by atoms with Crippen molar-refractivity contribution < 1.29 is 0 Å². The van der Waals surface area contributed by atoms with Gasteiger partial charge in [0, 0.05) is 23.3 Å². The molecule has 0 radical (unpaired) electrons. The lowest BCUT2D eigenvalue weighted by Crippen LogP contribution is -2.16. The first-order valence-corrected chi connectivity index (χ1v) is 7.58. The summed E-state index contributed by atoms with van der Waals surface area (Å²) in [5, 5.41) is 3.33. The van der Waals surface area contributed by atoms with Crippen molar-refractivity contribution in [3.63, 3.8) is 0 Å². The fraction of sp³-hybridized carbons (Fsp3) is 0.438. The number of rotatable bonds is 4. The molecule has 0 fully saturated rings. The first-order valence-electron chi connectivity index (χ1n) is 6.70. The Morgan fingerprint density at radius 1 is 1.21 bits per heavy atom. The third-order valence-corrected chi connectivity index (χ3v) is 4.26. The summed E-state index contributed by atoms with van der Waals surface area (Å²) in [6, 6.07) is 10.5. The maximum absolute atomic E-state index is 5.94. The van der Waals surface area contributed by atoms with Crippen LogP contribution in [0.15, 0.2) is 35.7 Å². The van der Waals surface area contributed by atoms with Gasteiger partial charge < -0.3 is 5.73 Å². The van der Waals surface area contributed by atoms with Gasteiger partial charge in [0.2, 0.25) is 0 Å². The summed E-state index contributed by atoms with van der Waals surface area (Å²) in [6.07, 6.45) is 0.967. The fourth-order valence-corrected chi connectivity index (χ4v) is 3.15. The number of nitrogens with zero attached hydrogens (tertiary/aromatic N) is 1. The summed E-state index contributed by atoms with van der Waals surface area (Å²) in [5.74, 6) is 0.323. The minimum Gasteiger partial charge on any atom is -0.330 e. The number of aromatic nitrogens is 1. The second-order valence-electron chi connectivity index (χ2n) is 5.94. The van der Waals surface area contributed by atoms with Gasteiger partial charge in [-0.15, -0.1) is 11.3 Å². The van der Waals surface area contributed by atoms with Crippen LogP contribution in [0.5, 0.6) is 0 Å². The Balaban J connectivity index is 2.16. The molecule has 0 saturated carbocycles. The van der Waals surface area contributed by atoms with Gasteiger partial charge >= 0.3 is 0 Å². The van der Waals surface area contributed by atoms with Gasteiger partial charge in [0.15, 0.2) is 0 Å². The summed E-state index contributed by atoms with van der Waals surface area (Å²) < 4.78 is 0. The van der Waals surface area contributed by atoms with E-state index in [2.05, 4.69) is 50.4 Å². The van der Waals surface area contributed by atoms with E-state index >= 15 is 0 Å². The smallest absolute Gasteiger partial charge is 0.0975 e. The lowest BCUT2D eigenvalue weighted by Gasteiger charge is -2.15. The molecular weight excluding hydrogens is 252 g/mol. The van der Waals surface area contributed by atoms with E-state index < -0.39 is 0 Å². The van der Waals surface area contributed by atoms with Crippen LogP contribution in [0.1, 0.15) is 43.0 Å². The zero-order valence-corrected chi connectivity index (χ0v) is 12.7. The molecule has 0 aliphatic rings. The van der Waals surface area contributed by atoms with Crippen molar-refractivity contribution in [1.82, 2.24) is 4.98 Å². The van der Waals surface area contributed by atoms with Gasteiger partial charge in [0.25, 0.3) is 0 Å². The summed E-state index contributed by atoms with van der Waals surface area (Å²) in [4.78, 5) is 4.79. The van der Waals surface area contributed by atoms with Crippen molar-refractivity contribution in [2.75, 3.05) is 6.54 Å². The third kappa shape index (κ3) is 3.64. The molecule has 0 saturated heterocycles. The molecular formula is C16H22N2S. The molecule has 0 amide bonds. The molecule has 1 unspecified atom stereocenters. The van der Waals surface area contributed by atoms with E-state index in [0.29, 0.717) is 12.5 Å². The van der Waals surface area contributed by atoms with Crippen molar-refractivity contribution in [1.29, 1.82) is 0 Å². The maximum atomic E-state index is 5.94. The van der Waals surface area contributed by atoms with Crippen molar-refractivity contribution in [2.24, 2.45) is 5.73 Å². The normalized spacial score (nSPS) is 13.5. The van der Waals surface area contributed by atoms with Crippen molar-refractivity contribution in [2.45, 2.75) is 38.5 Å². The molecule has 2 aromatic rings. The largest absolute Gasteiger partial charge is 0.330 e. The molecule has 1 heterocycles. The van der Waals surface area contributed by atoms with Gasteiger partial charge in [-0.3, -0.25) is 0 Å². The van der Waals surface area contributed by atoms with Crippen molar-refractivity contribution in [3.05, 3.63) is 52.0 Å². The van der Waals surface area contributed by atoms with E-state index in [1.807, 2.05) is 6.07 Å². The Labute approximate surface area is 119 Å². The van der Waals surface area contributed by atoms with Crippen LogP contribution in [0, 0.1) is 0 Å². The Kier molecular flexibility index (Phi) is 4.38. The molecule has 0 spiro atoms. The second-order valence-corrected chi connectivity index (χ2v) is 6.83. The topological polar surface area (TPSA) is 38.9 Å². The zero-order chi connectivity index (χ0) is 13.9. The van der Waals surface area contributed by atoms with Gasteiger partial charge in [0.1, 0.15) is 0 Å². The molecule has 0 bridgehead atoms. The Bertz CT molecular complexity index is 511. The van der Waals surface area contributed by atoms with Gasteiger partial charge in [-0.25, -0.2) is 4.98 Å². The lowest BCUT2D eigenvalue weighted by molar-refractivity contribution is 0.566. The van der Waals surface area contributed by atoms with Crippen LogP contribution in [0.4, 0.5) is 0 Å². The van der Waals surface area contributed by atoms with Crippen LogP contribution >= 0.6 is 11.3 Å². The maximum Gasteiger partial charge on any atom is 0.0975 e. The predicted octanol–water partition coefficient (Wildman–Crippen LogP) is 3.73. The highest BCUT2D eigenvalue weighted by Crippen LogP contribution is 2.29. The number of nitrogens with two attached hydrogens (primary N) is 1. The molecule has 1 aromatic heterocycles. The van der Waals surface area contributed by atoms with Crippen molar-refractivity contribution in [3.8, 4) is 0 Å². The summed E-state index contributed by atoms with van der Waals surface area (Å²) in [6.45, 7) is 7.23. The molecule has 0 aliphatic heterocycles. The molecule has 1 aromatic carbocycles. The Hall–Kier alpha value is -1.19. The van der Waals surface area contributed by atoms with Crippen LogP contribution in [-0.4, -0.2) is 11.5 Å². The van der Waals surface area contributed by atoms with Crippen LogP contribution in [0.25, 0.3) is 0 Å². The lowest BCUT2D eigenvalue weighted by atomic mass is 9.93. The third-order valence-electron chi connectivity index (χ3n) is 3.25. The van der Waals surface area contributed by atoms with E-state index in [9.17, 15) is 0 Å². The first kappa shape index (κ1) is 14.2. The van der Waals surface area contributed by atoms with Gasteiger partial charge in [-0.1, -0.05) is 51.1 Å². The molecule has 1 atom stereocenters. The van der Waals surface area contributed by atoms with E-state index in [4.69, 9.17) is 10.7 Å².